The smallest absolute Gasteiger partial charge is 0.257 e. The van der Waals surface area contributed by atoms with Gasteiger partial charge >= 0.3 is 0 Å². The van der Waals surface area contributed by atoms with Crippen molar-refractivity contribution in [1.82, 2.24) is 5.32 Å². The maximum atomic E-state index is 13.8. The van der Waals surface area contributed by atoms with Crippen molar-refractivity contribution in [3.8, 4) is 0 Å². The Morgan fingerprint density at radius 2 is 1.64 bits per heavy atom. The zero-order chi connectivity index (χ0) is 16.6. The van der Waals surface area contributed by atoms with Crippen LogP contribution < -0.4 is 5.32 Å². The molecular weight excluding hydrogens is 298 g/mol. The van der Waals surface area contributed by atoms with E-state index >= 15 is 0 Å². The molecule has 122 valence electrons. The maximum Gasteiger partial charge on any atom is 0.257 e. The summed E-state index contributed by atoms with van der Waals surface area (Å²) in [6, 6.07) is -0.247. The minimum absolute atomic E-state index is 0.153. The number of amides is 1. The highest BCUT2D eigenvalue weighted by Gasteiger charge is 2.34. The molecule has 0 bridgehead atoms. The number of nitrogens with one attached hydrogen (secondary N) is 1. The second-order valence-corrected chi connectivity index (χ2v) is 6.06. The van der Waals surface area contributed by atoms with Gasteiger partial charge in [-0.3, -0.25) is 4.79 Å². The predicted molar refractivity (Wildman–Crippen MR) is 74.4 cm³/mol. The minimum atomic E-state index is -1.65. The Morgan fingerprint density at radius 1 is 1.09 bits per heavy atom. The number of rotatable bonds is 3. The zero-order valence-corrected chi connectivity index (χ0v) is 12.8. The first kappa shape index (κ1) is 16.8. The average Bonchev–Trinajstić information content (AvgIpc) is 2.83. The molecule has 1 aromatic carbocycles. The van der Waals surface area contributed by atoms with Crippen molar-refractivity contribution in [3.63, 3.8) is 0 Å². The first-order valence-electron chi connectivity index (χ1n) is 7.41. The van der Waals surface area contributed by atoms with Crippen molar-refractivity contribution >= 4 is 5.91 Å². The second kappa shape index (κ2) is 6.26. The summed E-state index contributed by atoms with van der Waals surface area (Å²) in [5.41, 5.74) is -1.96. The molecule has 3 atom stereocenters. The molecule has 0 radical (unpaired) electrons. The standard InChI is InChI=1S/C16H19F4NO/c1-4-9-5-7(2)10(6-9)21-16(22)11-14(19)12(17)8(3)13(18)15(11)20/h7,9-10H,4-6H2,1-3H3,(H,21,22)/t7?,9?,10-/m1/s1. The summed E-state index contributed by atoms with van der Waals surface area (Å²) in [6.07, 6.45) is 2.56. The zero-order valence-electron chi connectivity index (χ0n) is 12.8. The highest BCUT2D eigenvalue weighted by Crippen LogP contribution is 2.33. The number of halogens is 4. The topological polar surface area (TPSA) is 29.1 Å². The molecule has 1 fully saturated rings. The number of carbonyl (C=O) groups excluding carboxylic acids is 1. The summed E-state index contributed by atoms with van der Waals surface area (Å²) in [7, 11) is 0. The Hall–Kier alpha value is -1.59. The average molecular weight is 317 g/mol. The van der Waals surface area contributed by atoms with Crippen LogP contribution in [0.5, 0.6) is 0 Å². The van der Waals surface area contributed by atoms with Gasteiger partial charge in [0.2, 0.25) is 0 Å². The Labute approximate surface area is 126 Å². The van der Waals surface area contributed by atoms with Crippen molar-refractivity contribution in [2.24, 2.45) is 11.8 Å². The van der Waals surface area contributed by atoms with Crippen LogP contribution in [0.4, 0.5) is 17.6 Å². The molecule has 1 aliphatic rings. The highest BCUT2D eigenvalue weighted by atomic mass is 19.2. The van der Waals surface area contributed by atoms with E-state index in [1.54, 1.807) is 0 Å². The molecular formula is C16H19F4NO. The molecule has 1 aromatic rings. The molecule has 2 rings (SSSR count). The Morgan fingerprint density at radius 3 is 2.09 bits per heavy atom. The first-order chi connectivity index (χ1) is 10.3. The van der Waals surface area contributed by atoms with Gasteiger partial charge in [0.25, 0.3) is 5.91 Å². The van der Waals surface area contributed by atoms with E-state index in [1.807, 2.05) is 13.8 Å². The maximum absolute atomic E-state index is 13.8. The van der Waals surface area contributed by atoms with Crippen LogP contribution in [-0.2, 0) is 0 Å². The molecule has 1 N–H and O–H groups in total. The van der Waals surface area contributed by atoms with Crippen LogP contribution in [0.3, 0.4) is 0 Å². The quantitative estimate of drug-likeness (QED) is 0.660. The molecule has 2 nitrogen and oxygen atoms in total. The lowest BCUT2D eigenvalue weighted by Crippen LogP contribution is -2.38. The summed E-state index contributed by atoms with van der Waals surface area (Å²) in [6.45, 7) is 4.89. The van der Waals surface area contributed by atoms with Gasteiger partial charge in [-0.15, -0.1) is 0 Å². The summed E-state index contributed by atoms with van der Waals surface area (Å²) >= 11 is 0. The van der Waals surface area contributed by atoms with E-state index in [-0.39, 0.29) is 12.0 Å². The normalized spacial score (nSPS) is 24.6. The fourth-order valence-corrected chi connectivity index (χ4v) is 3.09. The lowest BCUT2D eigenvalue weighted by molar-refractivity contribution is 0.0918. The number of carbonyl (C=O) groups is 1. The third-order valence-corrected chi connectivity index (χ3v) is 4.58. The summed E-state index contributed by atoms with van der Waals surface area (Å²) in [4.78, 5) is 12.1. The molecule has 0 heterocycles. The monoisotopic (exact) mass is 317 g/mol. The van der Waals surface area contributed by atoms with Gasteiger partial charge in [0.05, 0.1) is 0 Å². The molecule has 0 saturated heterocycles. The van der Waals surface area contributed by atoms with Crippen molar-refractivity contribution < 1.29 is 22.4 Å². The van der Waals surface area contributed by atoms with Crippen LogP contribution in [0.15, 0.2) is 0 Å². The fraction of sp³-hybridized carbons (Fsp3) is 0.562. The Kier molecular flexibility index (Phi) is 4.78. The number of benzene rings is 1. The molecule has 6 heteroatoms. The lowest BCUT2D eigenvalue weighted by Gasteiger charge is -2.18. The van der Waals surface area contributed by atoms with E-state index in [1.165, 1.54) is 0 Å². The predicted octanol–water partition coefficient (Wildman–Crippen LogP) is 4.11. The largest absolute Gasteiger partial charge is 0.349 e. The molecule has 0 aliphatic heterocycles. The van der Waals surface area contributed by atoms with Gasteiger partial charge in [0, 0.05) is 11.6 Å². The van der Waals surface area contributed by atoms with Gasteiger partial charge < -0.3 is 5.32 Å². The van der Waals surface area contributed by atoms with Crippen molar-refractivity contribution in [2.45, 2.75) is 46.1 Å². The first-order valence-corrected chi connectivity index (χ1v) is 7.41. The molecule has 1 saturated carbocycles. The molecule has 2 unspecified atom stereocenters. The van der Waals surface area contributed by atoms with Gasteiger partial charge in [0.1, 0.15) is 5.56 Å². The van der Waals surface area contributed by atoms with Gasteiger partial charge in [0.15, 0.2) is 23.3 Å². The van der Waals surface area contributed by atoms with Crippen molar-refractivity contribution in [3.05, 3.63) is 34.4 Å². The number of hydrogen-bond acceptors (Lipinski definition) is 1. The third-order valence-electron chi connectivity index (χ3n) is 4.58. The summed E-state index contributed by atoms with van der Waals surface area (Å²) in [5, 5.41) is 2.51. The van der Waals surface area contributed by atoms with E-state index in [0.717, 1.165) is 19.8 Å². The molecule has 22 heavy (non-hydrogen) atoms. The van der Waals surface area contributed by atoms with E-state index in [2.05, 4.69) is 5.32 Å². The molecule has 0 aromatic heterocycles. The van der Waals surface area contributed by atoms with Gasteiger partial charge in [-0.05, 0) is 31.6 Å². The van der Waals surface area contributed by atoms with E-state index < -0.39 is 40.3 Å². The summed E-state index contributed by atoms with van der Waals surface area (Å²) in [5.74, 6) is -6.88. The Bertz CT molecular complexity index is 573. The number of hydrogen-bond donors (Lipinski definition) is 1. The third kappa shape index (κ3) is 2.83. The van der Waals surface area contributed by atoms with E-state index in [0.29, 0.717) is 12.3 Å². The van der Waals surface area contributed by atoms with Crippen LogP contribution in [0, 0.1) is 42.0 Å². The second-order valence-electron chi connectivity index (χ2n) is 6.06. The fourth-order valence-electron chi connectivity index (χ4n) is 3.09. The Balaban J connectivity index is 2.28. The van der Waals surface area contributed by atoms with Crippen LogP contribution in [0.2, 0.25) is 0 Å². The molecule has 1 aliphatic carbocycles. The SMILES string of the molecule is CCC1CC(C)[C@H](NC(=O)c2c(F)c(F)c(C)c(F)c2F)C1. The molecule has 0 spiro atoms. The van der Waals surface area contributed by atoms with Crippen molar-refractivity contribution in [2.75, 3.05) is 0 Å². The lowest BCUT2D eigenvalue weighted by atomic mass is 10.0. The van der Waals surface area contributed by atoms with Gasteiger partial charge in [-0.25, -0.2) is 17.6 Å². The van der Waals surface area contributed by atoms with Crippen LogP contribution >= 0.6 is 0 Å². The van der Waals surface area contributed by atoms with Crippen LogP contribution in [0.1, 0.15) is 49.0 Å². The summed E-state index contributed by atoms with van der Waals surface area (Å²) < 4.78 is 54.7. The van der Waals surface area contributed by atoms with E-state index in [9.17, 15) is 22.4 Å². The van der Waals surface area contributed by atoms with Crippen LogP contribution in [0.25, 0.3) is 0 Å². The minimum Gasteiger partial charge on any atom is -0.349 e. The van der Waals surface area contributed by atoms with Gasteiger partial charge in [-0.2, -0.15) is 0 Å². The van der Waals surface area contributed by atoms with Crippen molar-refractivity contribution in [1.29, 1.82) is 0 Å². The van der Waals surface area contributed by atoms with E-state index in [4.69, 9.17) is 0 Å². The van der Waals surface area contributed by atoms with Gasteiger partial charge in [-0.1, -0.05) is 20.3 Å². The highest BCUT2D eigenvalue weighted by molar-refractivity contribution is 5.95. The molecule has 1 amide bonds. The van der Waals surface area contributed by atoms with Crippen LogP contribution in [-0.4, -0.2) is 11.9 Å².